The van der Waals surface area contributed by atoms with Crippen LogP contribution < -0.4 is 0 Å². The van der Waals surface area contributed by atoms with Crippen LogP contribution in [-0.2, 0) is 26.4 Å². The highest BCUT2D eigenvalue weighted by Crippen LogP contribution is 2.40. The fraction of sp³-hybridized carbons (Fsp3) is 0.105. The van der Waals surface area contributed by atoms with Crippen LogP contribution in [0.1, 0.15) is 23.6 Å². The van der Waals surface area contributed by atoms with Crippen LogP contribution in [0.5, 0.6) is 0 Å². The first kappa shape index (κ1) is 17.3. The Morgan fingerprint density at radius 2 is 1.88 bits per heavy atom. The van der Waals surface area contributed by atoms with Crippen molar-refractivity contribution in [3.05, 3.63) is 82.9 Å². The lowest BCUT2D eigenvalue weighted by Crippen LogP contribution is -1.99. The molecule has 2 aromatic rings. The zero-order valence-electron chi connectivity index (χ0n) is 13.4. The number of benzene rings is 2. The van der Waals surface area contributed by atoms with E-state index in [9.17, 15) is 13.4 Å². The molecule has 0 radical (unpaired) electrons. The van der Waals surface area contributed by atoms with Crippen LogP contribution in [0.15, 0.2) is 60.4 Å². The van der Waals surface area contributed by atoms with E-state index in [2.05, 4.69) is 0 Å². The maximum atomic E-state index is 14.7. The van der Waals surface area contributed by atoms with Gasteiger partial charge >= 0.3 is 5.97 Å². The second-order valence-electron chi connectivity index (χ2n) is 5.44. The van der Waals surface area contributed by atoms with Crippen LogP contribution in [0.4, 0.5) is 4.39 Å². The summed E-state index contributed by atoms with van der Waals surface area (Å²) in [7, 11) is 0. The first-order chi connectivity index (χ1) is 12.0. The smallest absolute Gasteiger partial charge is 0.344 e. The number of allylic oxidation sites excluding steroid dienone is 2. The number of carbonyl (C=O) groups is 1. The van der Waals surface area contributed by atoms with Crippen LogP contribution in [-0.4, -0.2) is 14.7 Å². The van der Waals surface area contributed by atoms with Gasteiger partial charge in [-0.3, -0.25) is 0 Å². The summed E-state index contributed by atoms with van der Waals surface area (Å²) in [5.41, 5.74) is 1.93. The predicted molar refractivity (Wildman–Crippen MR) is 94.0 cm³/mol. The van der Waals surface area contributed by atoms with Crippen molar-refractivity contribution in [2.75, 3.05) is 0 Å². The molecule has 25 heavy (non-hydrogen) atoms. The second kappa shape index (κ2) is 7.13. The van der Waals surface area contributed by atoms with Gasteiger partial charge in [-0.1, -0.05) is 42.5 Å². The molecule has 0 fully saturated rings. The molecule has 6 heteroatoms. The van der Waals surface area contributed by atoms with Gasteiger partial charge in [0.15, 0.2) is 11.1 Å². The highest BCUT2D eigenvalue weighted by molar-refractivity contribution is 7.78. The minimum Gasteiger partial charge on any atom is -0.423 e. The zero-order chi connectivity index (χ0) is 18.0. The molecule has 0 aromatic heterocycles. The molecule has 1 aliphatic rings. The predicted octanol–water partition coefficient (Wildman–Crippen LogP) is 3.92. The molecule has 4 nitrogen and oxygen atoms in total. The molecule has 2 aromatic carbocycles. The van der Waals surface area contributed by atoms with E-state index in [1.165, 1.54) is 12.1 Å². The molecule has 0 aliphatic carbocycles. The van der Waals surface area contributed by atoms with Gasteiger partial charge in [-0.15, -0.1) is 0 Å². The maximum absolute atomic E-state index is 14.7. The molecule has 1 aliphatic heterocycles. The summed E-state index contributed by atoms with van der Waals surface area (Å²) in [6.45, 7) is 1.71. The average Bonchev–Trinajstić information content (AvgIpc) is 2.91. The number of hydrogen-bond acceptors (Lipinski definition) is 3. The Balaban J connectivity index is 2.18. The summed E-state index contributed by atoms with van der Waals surface area (Å²) in [6, 6.07) is 13.2. The number of esters is 1. The van der Waals surface area contributed by atoms with E-state index in [-0.39, 0.29) is 11.3 Å². The molecule has 1 N–H and O–H groups in total. The van der Waals surface area contributed by atoms with Crippen molar-refractivity contribution >= 4 is 28.2 Å². The minimum atomic E-state index is -2.05. The first-order valence-corrected chi connectivity index (χ1v) is 8.83. The van der Waals surface area contributed by atoms with Crippen molar-refractivity contribution in [3.8, 4) is 0 Å². The minimum absolute atomic E-state index is 0.159. The van der Waals surface area contributed by atoms with E-state index in [0.717, 1.165) is 0 Å². The molecule has 1 unspecified atom stereocenters. The Bertz CT molecular complexity index is 916. The van der Waals surface area contributed by atoms with Gasteiger partial charge in [0, 0.05) is 11.1 Å². The quantitative estimate of drug-likeness (QED) is 0.665. The van der Waals surface area contributed by atoms with Gasteiger partial charge in [0.25, 0.3) is 0 Å². The highest BCUT2D eigenvalue weighted by atomic mass is 32.2. The third-order valence-electron chi connectivity index (χ3n) is 3.82. The molecule has 0 saturated carbocycles. The molecule has 3 rings (SSSR count). The molecular weight excluding hydrogens is 343 g/mol. The molecule has 0 spiro atoms. The van der Waals surface area contributed by atoms with Crippen LogP contribution >= 0.6 is 0 Å². The van der Waals surface area contributed by atoms with Crippen molar-refractivity contribution in [1.29, 1.82) is 0 Å². The normalized spacial score (nSPS) is 17.1. The largest absolute Gasteiger partial charge is 0.423 e. The fourth-order valence-corrected chi connectivity index (χ4v) is 3.22. The third-order valence-corrected chi connectivity index (χ3v) is 4.40. The monoisotopic (exact) mass is 358 g/mol. The SMILES string of the molecule is CC=C1OC(=O)C(c2ccccc2)=C1c1ccc(CS(=O)O)cc1F. The molecule has 0 saturated heterocycles. The Morgan fingerprint density at radius 1 is 1.16 bits per heavy atom. The topological polar surface area (TPSA) is 63.6 Å². The Labute approximate surface area is 146 Å². The van der Waals surface area contributed by atoms with Crippen molar-refractivity contribution in [3.63, 3.8) is 0 Å². The summed E-state index contributed by atoms with van der Waals surface area (Å²) in [5.74, 6) is -0.979. The molecule has 0 bridgehead atoms. The van der Waals surface area contributed by atoms with Gasteiger partial charge in [0.2, 0.25) is 0 Å². The van der Waals surface area contributed by atoms with E-state index in [1.54, 1.807) is 43.3 Å². The lowest BCUT2D eigenvalue weighted by molar-refractivity contribution is -0.131. The van der Waals surface area contributed by atoms with Crippen molar-refractivity contribution in [1.82, 2.24) is 0 Å². The Hall–Kier alpha value is -2.57. The highest BCUT2D eigenvalue weighted by Gasteiger charge is 2.32. The third kappa shape index (κ3) is 3.45. The molecule has 0 amide bonds. The summed E-state index contributed by atoms with van der Waals surface area (Å²) in [5, 5.41) is 0. The van der Waals surface area contributed by atoms with Gasteiger partial charge < -0.3 is 9.29 Å². The zero-order valence-corrected chi connectivity index (χ0v) is 14.2. The van der Waals surface area contributed by atoms with Crippen molar-refractivity contribution in [2.45, 2.75) is 12.7 Å². The Morgan fingerprint density at radius 3 is 2.48 bits per heavy atom. The first-order valence-electron chi connectivity index (χ1n) is 7.56. The lowest BCUT2D eigenvalue weighted by atomic mass is 9.94. The molecular formula is C19H15FO4S. The summed E-state index contributed by atoms with van der Waals surface area (Å²) in [6.07, 6.45) is 1.61. The molecule has 1 atom stereocenters. The standard InChI is InChI=1S/C19H15FO4S/c1-2-16-18(14-9-8-12(10-15(14)20)11-25(22)23)17(19(21)24-16)13-6-4-3-5-7-13/h2-10H,11H2,1H3,(H,22,23). The number of carbonyl (C=O) groups excluding carboxylic acids is 1. The van der Waals surface area contributed by atoms with Crippen molar-refractivity contribution < 1.29 is 22.7 Å². The van der Waals surface area contributed by atoms with Crippen LogP contribution in [0.2, 0.25) is 0 Å². The van der Waals surface area contributed by atoms with Crippen LogP contribution in [0, 0.1) is 5.82 Å². The van der Waals surface area contributed by atoms with Gasteiger partial charge in [0.05, 0.1) is 11.3 Å². The number of hydrogen-bond donors (Lipinski definition) is 1. The van der Waals surface area contributed by atoms with Crippen molar-refractivity contribution in [2.24, 2.45) is 0 Å². The summed E-state index contributed by atoms with van der Waals surface area (Å²) in [4.78, 5) is 12.3. The number of rotatable bonds is 4. The average molecular weight is 358 g/mol. The fourth-order valence-electron chi connectivity index (χ4n) is 2.76. The summed E-state index contributed by atoms with van der Waals surface area (Å²) < 4.78 is 39.8. The second-order valence-corrected chi connectivity index (χ2v) is 6.37. The number of cyclic esters (lactones) is 1. The van der Waals surface area contributed by atoms with Gasteiger partial charge in [-0.25, -0.2) is 13.4 Å². The van der Waals surface area contributed by atoms with E-state index in [0.29, 0.717) is 28.0 Å². The molecule has 128 valence electrons. The maximum Gasteiger partial charge on any atom is 0.344 e. The van der Waals surface area contributed by atoms with E-state index < -0.39 is 22.9 Å². The number of ether oxygens (including phenoxy) is 1. The van der Waals surface area contributed by atoms with Gasteiger partial charge in [-0.05, 0) is 30.2 Å². The molecule has 1 heterocycles. The Kier molecular flexibility index (Phi) is 4.92. The number of halogens is 1. The summed E-state index contributed by atoms with van der Waals surface area (Å²) >= 11 is -2.05. The van der Waals surface area contributed by atoms with Crippen LogP contribution in [0.25, 0.3) is 11.1 Å². The lowest BCUT2D eigenvalue weighted by Gasteiger charge is -2.09. The van der Waals surface area contributed by atoms with Gasteiger partial charge in [-0.2, -0.15) is 0 Å². The van der Waals surface area contributed by atoms with E-state index in [4.69, 9.17) is 9.29 Å². The van der Waals surface area contributed by atoms with E-state index >= 15 is 0 Å². The van der Waals surface area contributed by atoms with Gasteiger partial charge in [0.1, 0.15) is 11.6 Å². The van der Waals surface area contributed by atoms with E-state index in [1.807, 2.05) is 6.07 Å². The van der Waals surface area contributed by atoms with Crippen LogP contribution in [0.3, 0.4) is 0 Å².